The van der Waals surface area contributed by atoms with Crippen molar-refractivity contribution in [3.63, 3.8) is 0 Å². The van der Waals surface area contributed by atoms with Gasteiger partial charge < -0.3 is 14.4 Å². The van der Waals surface area contributed by atoms with Gasteiger partial charge >= 0.3 is 0 Å². The van der Waals surface area contributed by atoms with Crippen LogP contribution in [0.5, 0.6) is 5.75 Å². The molecule has 0 aromatic heterocycles. The maximum Gasteiger partial charge on any atom is 0.278 e. The van der Waals surface area contributed by atoms with E-state index in [9.17, 15) is 9.59 Å². The first-order valence-electron chi connectivity index (χ1n) is 12.3. The maximum atomic E-state index is 13.8. The molecule has 3 aliphatic rings. The fourth-order valence-electron chi connectivity index (χ4n) is 5.36. The number of rotatable bonds is 5. The number of ether oxygens (including phenoxy) is 2. The Hall–Kier alpha value is -2.34. The third-order valence-electron chi connectivity index (χ3n) is 6.72. The molecule has 1 aromatic carbocycles. The number of benzene rings is 1. The Morgan fingerprint density at radius 1 is 0.906 bits per heavy atom. The van der Waals surface area contributed by atoms with Crippen LogP contribution in [0.15, 0.2) is 30.0 Å². The first-order chi connectivity index (χ1) is 15.5. The monoisotopic (exact) mass is 440 g/mol. The van der Waals surface area contributed by atoms with Crippen LogP contribution in [0.4, 0.5) is 0 Å². The van der Waals surface area contributed by atoms with Crippen molar-refractivity contribution < 1.29 is 19.1 Å². The summed E-state index contributed by atoms with van der Waals surface area (Å²) >= 11 is 0. The number of hydrogen-bond acceptors (Lipinski definition) is 5. The number of carbonyl (C=O) groups excluding carboxylic acids is 2. The zero-order chi connectivity index (χ0) is 22.7. The van der Waals surface area contributed by atoms with Crippen LogP contribution < -0.4 is 4.74 Å². The third-order valence-corrected chi connectivity index (χ3v) is 6.72. The van der Waals surface area contributed by atoms with E-state index in [1.165, 1.54) is 19.3 Å². The van der Waals surface area contributed by atoms with E-state index in [0.717, 1.165) is 37.0 Å². The van der Waals surface area contributed by atoms with Gasteiger partial charge in [-0.25, -0.2) is 0 Å². The molecule has 4 rings (SSSR count). The molecule has 0 bridgehead atoms. The first kappa shape index (κ1) is 22.8. The van der Waals surface area contributed by atoms with E-state index in [1.54, 1.807) is 4.90 Å². The first-order valence-corrected chi connectivity index (χ1v) is 12.3. The number of morpholine rings is 1. The largest absolute Gasteiger partial charge is 0.494 e. The van der Waals surface area contributed by atoms with E-state index in [2.05, 4.69) is 4.90 Å². The summed E-state index contributed by atoms with van der Waals surface area (Å²) < 4.78 is 11.5. The summed E-state index contributed by atoms with van der Waals surface area (Å²) in [4.78, 5) is 31.3. The van der Waals surface area contributed by atoms with Gasteiger partial charge in [-0.2, -0.15) is 0 Å². The normalized spacial score (nSPS) is 25.8. The summed E-state index contributed by atoms with van der Waals surface area (Å²) in [7, 11) is 0. The highest BCUT2D eigenvalue weighted by molar-refractivity contribution is 6.35. The fraction of sp³-hybridized carbons (Fsp3) is 0.615. The number of imide groups is 1. The van der Waals surface area contributed by atoms with Gasteiger partial charge in [-0.15, -0.1) is 0 Å². The second-order valence-corrected chi connectivity index (χ2v) is 9.32. The molecule has 2 unspecified atom stereocenters. The van der Waals surface area contributed by atoms with E-state index in [-0.39, 0.29) is 30.1 Å². The van der Waals surface area contributed by atoms with Crippen molar-refractivity contribution in [3.8, 4) is 5.75 Å². The Morgan fingerprint density at radius 3 is 2.09 bits per heavy atom. The number of carbonyl (C=O) groups is 2. The minimum absolute atomic E-state index is 0.00572. The molecule has 0 spiro atoms. The minimum Gasteiger partial charge on any atom is -0.494 e. The lowest BCUT2D eigenvalue weighted by Crippen LogP contribution is -2.48. The van der Waals surface area contributed by atoms with Crippen molar-refractivity contribution in [3.05, 3.63) is 35.5 Å². The van der Waals surface area contributed by atoms with Crippen LogP contribution in [0.1, 0.15) is 71.3 Å². The number of nitrogens with zero attached hydrogens (tertiary/aromatic N) is 2. The molecule has 174 valence electrons. The molecular weight excluding hydrogens is 404 g/mol. The molecule has 32 heavy (non-hydrogen) atoms. The Kier molecular flexibility index (Phi) is 7.19. The molecule has 1 aliphatic carbocycles. The van der Waals surface area contributed by atoms with Gasteiger partial charge in [0.1, 0.15) is 11.4 Å². The van der Waals surface area contributed by atoms with Crippen molar-refractivity contribution in [1.29, 1.82) is 0 Å². The van der Waals surface area contributed by atoms with Crippen molar-refractivity contribution in [2.75, 3.05) is 19.7 Å². The predicted molar refractivity (Wildman–Crippen MR) is 124 cm³/mol. The Bertz CT molecular complexity index is 845. The van der Waals surface area contributed by atoms with E-state index >= 15 is 0 Å². The van der Waals surface area contributed by atoms with Crippen LogP contribution in [0.3, 0.4) is 0 Å². The standard InChI is InChI=1S/C26H36N2O4/c1-4-31-22-14-12-20(13-15-22)23-24(27-16-18(2)32-19(3)17-27)26(30)28(25(23)29)21-10-8-6-5-7-9-11-21/h12-15,18-19,21H,4-11,16-17H2,1-3H3. The molecular formula is C26H36N2O4. The van der Waals surface area contributed by atoms with Crippen molar-refractivity contribution in [2.24, 2.45) is 0 Å². The molecule has 2 fully saturated rings. The van der Waals surface area contributed by atoms with Gasteiger partial charge in [-0.05, 0) is 51.3 Å². The molecule has 2 heterocycles. The second kappa shape index (κ2) is 10.1. The average molecular weight is 441 g/mol. The lowest BCUT2D eigenvalue weighted by molar-refractivity contribution is -0.141. The lowest BCUT2D eigenvalue weighted by atomic mass is 9.95. The summed E-state index contributed by atoms with van der Waals surface area (Å²) in [5.41, 5.74) is 1.85. The molecule has 6 nitrogen and oxygen atoms in total. The molecule has 2 amide bonds. The summed E-state index contributed by atoms with van der Waals surface area (Å²) in [6.07, 6.45) is 7.56. The van der Waals surface area contributed by atoms with Gasteiger partial charge in [0.2, 0.25) is 0 Å². The molecule has 2 atom stereocenters. The van der Waals surface area contributed by atoms with Crippen LogP contribution in [0, 0.1) is 0 Å². The van der Waals surface area contributed by atoms with Gasteiger partial charge in [0.05, 0.1) is 24.4 Å². The van der Waals surface area contributed by atoms with Gasteiger partial charge in [-0.3, -0.25) is 14.5 Å². The second-order valence-electron chi connectivity index (χ2n) is 9.32. The van der Waals surface area contributed by atoms with E-state index in [4.69, 9.17) is 9.47 Å². The zero-order valence-electron chi connectivity index (χ0n) is 19.6. The SMILES string of the molecule is CCOc1ccc(C2=C(N3CC(C)OC(C)C3)C(=O)N(C3CCCCCCC3)C2=O)cc1. The highest BCUT2D eigenvalue weighted by Gasteiger charge is 2.45. The molecule has 0 radical (unpaired) electrons. The van der Waals surface area contributed by atoms with Gasteiger partial charge in [-0.1, -0.05) is 44.2 Å². The van der Waals surface area contributed by atoms with Gasteiger partial charge in [0.25, 0.3) is 11.8 Å². The predicted octanol–water partition coefficient (Wildman–Crippen LogP) is 4.39. The minimum atomic E-state index is -0.147. The zero-order valence-corrected chi connectivity index (χ0v) is 19.6. The third kappa shape index (κ3) is 4.70. The Labute approximate surface area is 191 Å². The molecule has 1 saturated heterocycles. The molecule has 2 aliphatic heterocycles. The highest BCUT2D eigenvalue weighted by Crippen LogP contribution is 2.37. The van der Waals surface area contributed by atoms with Crippen LogP contribution in [-0.4, -0.2) is 59.6 Å². The topological polar surface area (TPSA) is 59.1 Å². The van der Waals surface area contributed by atoms with Gasteiger partial charge in [0.15, 0.2) is 0 Å². The quantitative estimate of drug-likeness (QED) is 0.636. The number of amides is 2. The Balaban J connectivity index is 1.71. The molecule has 6 heteroatoms. The van der Waals surface area contributed by atoms with E-state index < -0.39 is 0 Å². The van der Waals surface area contributed by atoms with Crippen molar-refractivity contribution >= 4 is 17.4 Å². The van der Waals surface area contributed by atoms with E-state index in [0.29, 0.717) is 31.0 Å². The lowest BCUT2D eigenvalue weighted by Gasteiger charge is -2.37. The highest BCUT2D eigenvalue weighted by atomic mass is 16.5. The molecule has 1 aromatic rings. The molecule has 0 N–H and O–H groups in total. The smallest absolute Gasteiger partial charge is 0.278 e. The summed E-state index contributed by atoms with van der Waals surface area (Å²) in [5, 5.41) is 0. The van der Waals surface area contributed by atoms with E-state index in [1.807, 2.05) is 45.0 Å². The average Bonchev–Trinajstić information content (AvgIpc) is 2.99. The Morgan fingerprint density at radius 2 is 1.50 bits per heavy atom. The van der Waals surface area contributed by atoms with Crippen LogP contribution in [-0.2, 0) is 14.3 Å². The van der Waals surface area contributed by atoms with Crippen molar-refractivity contribution in [2.45, 2.75) is 84.0 Å². The molecule has 1 saturated carbocycles. The number of hydrogen-bond donors (Lipinski definition) is 0. The summed E-state index contributed by atoms with van der Waals surface area (Å²) in [6.45, 7) is 7.79. The van der Waals surface area contributed by atoms with Gasteiger partial charge in [0, 0.05) is 19.1 Å². The van der Waals surface area contributed by atoms with Crippen LogP contribution >= 0.6 is 0 Å². The fourth-order valence-corrected chi connectivity index (χ4v) is 5.36. The summed E-state index contributed by atoms with van der Waals surface area (Å²) in [6, 6.07) is 7.55. The maximum absolute atomic E-state index is 13.8. The van der Waals surface area contributed by atoms with Crippen LogP contribution in [0.2, 0.25) is 0 Å². The summed E-state index contributed by atoms with van der Waals surface area (Å²) in [5.74, 6) is 0.484. The van der Waals surface area contributed by atoms with Crippen molar-refractivity contribution in [1.82, 2.24) is 9.80 Å². The van der Waals surface area contributed by atoms with Crippen LogP contribution in [0.25, 0.3) is 5.57 Å².